The summed E-state index contributed by atoms with van der Waals surface area (Å²) in [5.74, 6) is 1.27. The van der Waals surface area contributed by atoms with Crippen molar-refractivity contribution in [1.29, 1.82) is 0 Å². The van der Waals surface area contributed by atoms with Gasteiger partial charge in [0.2, 0.25) is 0 Å². The molecule has 0 saturated carbocycles. The molecule has 4 heterocycles. The van der Waals surface area contributed by atoms with Crippen LogP contribution in [0.4, 0.5) is 11.5 Å². The van der Waals surface area contributed by atoms with Gasteiger partial charge in [0.15, 0.2) is 17.2 Å². The van der Waals surface area contributed by atoms with Crippen LogP contribution in [0.15, 0.2) is 81.9 Å². The van der Waals surface area contributed by atoms with Crippen LogP contribution in [0.25, 0.3) is 5.69 Å². The summed E-state index contributed by atoms with van der Waals surface area (Å²) >= 11 is 13.2. The maximum Gasteiger partial charge on any atom is 0.262 e. The number of hydrogen-bond acceptors (Lipinski definition) is 4. The zero-order valence-electron chi connectivity index (χ0n) is 19.5. The highest BCUT2D eigenvalue weighted by Gasteiger charge is 2.61. The minimum absolute atomic E-state index is 0.0659. The third kappa shape index (κ3) is 3.00. The number of allylic oxidation sites excluding steroid dienone is 2. The molecule has 0 saturated heterocycles. The summed E-state index contributed by atoms with van der Waals surface area (Å²) in [5.41, 5.74) is 2.82. The highest BCUT2D eigenvalue weighted by Crippen LogP contribution is 2.56. The topological polar surface area (TPSA) is 53.7 Å². The number of hydrogen-bond donors (Lipinski definition) is 0. The van der Waals surface area contributed by atoms with Crippen molar-refractivity contribution >= 4 is 46.4 Å². The monoisotopic (exact) mass is 503 g/mol. The molecule has 3 aliphatic heterocycles. The van der Waals surface area contributed by atoms with Gasteiger partial charge in [0.05, 0.1) is 32.7 Å². The van der Waals surface area contributed by atoms with Crippen LogP contribution in [-0.4, -0.2) is 33.0 Å². The molecule has 0 N–H and O–H groups in total. The van der Waals surface area contributed by atoms with Crippen molar-refractivity contribution in [3.05, 3.63) is 93.8 Å². The predicted octanol–water partition coefficient (Wildman–Crippen LogP) is 5.99. The van der Waals surface area contributed by atoms with Crippen molar-refractivity contribution in [2.24, 2.45) is 10.9 Å². The highest BCUT2D eigenvalue weighted by atomic mass is 35.5. The molecule has 0 aliphatic carbocycles. The van der Waals surface area contributed by atoms with E-state index in [-0.39, 0.29) is 11.8 Å². The molecule has 1 amide bonds. The number of carbonyl (C=O) groups excluding carboxylic acids is 1. The third-order valence-electron chi connectivity index (χ3n) is 6.62. The number of aliphatic imine (C=N–C) groups is 1. The Morgan fingerprint density at radius 2 is 1.74 bits per heavy atom. The van der Waals surface area contributed by atoms with Crippen LogP contribution in [0.1, 0.15) is 30.7 Å². The highest BCUT2D eigenvalue weighted by molar-refractivity contribution is 6.46. The largest absolute Gasteiger partial charge is 0.309 e. The van der Waals surface area contributed by atoms with Crippen LogP contribution in [0, 0.1) is 12.8 Å². The molecule has 35 heavy (non-hydrogen) atoms. The molecule has 0 unspecified atom stereocenters. The second-order valence-electron chi connectivity index (χ2n) is 9.38. The van der Waals surface area contributed by atoms with Crippen LogP contribution in [0.2, 0.25) is 0 Å². The number of para-hydroxylation sites is 2. The lowest BCUT2D eigenvalue weighted by molar-refractivity contribution is -0.125. The maximum absolute atomic E-state index is 14.7. The molecule has 1 atom stereocenters. The van der Waals surface area contributed by atoms with Crippen molar-refractivity contribution in [3.8, 4) is 5.69 Å². The summed E-state index contributed by atoms with van der Waals surface area (Å²) in [7, 11) is 0. The molecule has 6 rings (SSSR count). The van der Waals surface area contributed by atoms with E-state index < -0.39 is 5.54 Å². The maximum atomic E-state index is 14.7. The number of carbonyl (C=O) groups is 1. The molecular formula is C27H23Cl2N5O. The number of nitrogens with zero attached hydrogens (tertiary/aromatic N) is 5. The number of amidine groups is 1. The van der Waals surface area contributed by atoms with Gasteiger partial charge in [-0.25, -0.2) is 9.67 Å². The zero-order chi connectivity index (χ0) is 24.5. The molecule has 6 nitrogen and oxygen atoms in total. The quantitative estimate of drug-likeness (QED) is 0.441. The van der Waals surface area contributed by atoms with Gasteiger partial charge in [0, 0.05) is 18.3 Å². The predicted molar refractivity (Wildman–Crippen MR) is 140 cm³/mol. The van der Waals surface area contributed by atoms with E-state index in [0.29, 0.717) is 28.3 Å². The average molecular weight is 504 g/mol. The lowest BCUT2D eigenvalue weighted by Crippen LogP contribution is -2.56. The number of anilines is 1. The van der Waals surface area contributed by atoms with Gasteiger partial charge in [0.1, 0.15) is 0 Å². The first kappa shape index (κ1) is 22.1. The second kappa shape index (κ2) is 7.83. The molecule has 3 aliphatic rings. The van der Waals surface area contributed by atoms with Crippen LogP contribution in [-0.2, 0) is 10.3 Å². The van der Waals surface area contributed by atoms with Gasteiger partial charge in [-0.05, 0) is 37.1 Å². The van der Waals surface area contributed by atoms with Crippen LogP contribution >= 0.6 is 23.2 Å². The van der Waals surface area contributed by atoms with Crippen molar-refractivity contribution in [2.75, 3.05) is 11.4 Å². The lowest BCUT2D eigenvalue weighted by atomic mass is 9.80. The van der Waals surface area contributed by atoms with Crippen molar-refractivity contribution < 1.29 is 4.79 Å². The molecule has 0 fully saturated rings. The Hall–Kier alpha value is -3.35. The fourth-order valence-corrected chi connectivity index (χ4v) is 5.87. The van der Waals surface area contributed by atoms with Crippen LogP contribution < -0.4 is 4.90 Å². The number of amides is 1. The normalized spacial score (nSPS) is 20.5. The Labute approximate surface area is 213 Å². The number of rotatable bonds is 3. The van der Waals surface area contributed by atoms with Crippen molar-refractivity contribution in [2.45, 2.75) is 26.3 Å². The summed E-state index contributed by atoms with van der Waals surface area (Å²) in [4.78, 5) is 23.3. The molecule has 0 radical (unpaired) electrons. The smallest absolute Gasteiger partial charge is 0.262 e. The summed E-state index contributed by atoms with van der Waals surface area (Å²) < 4.78 is 1.79. The lowest BCUT2D eigenvalue weighted by Gasteiger charge is -2.43. The first-order chi connectivity index (χ1) is 16.8. The van der Waals surface area contributed by atoms with Gasteiger partial charge in [-0.1, -0.05) is 73.4 Å². The van der Waals surface area contributed by atoms with Gasteiger partial charge in [-0.15, -0.1) is 0 Å². The van der Waals surface area contributed by atoms with E-state index in [2.05, 4.69) is 13.8 Å². The van der Waals surface area contributed by atoms with Gasteiger partial charge in [0.25, 0.3) is 5.91 Å². The number of aryl methyl sites for hydroxylation is 1. The van der Waals surface area contributed by atoms with E-state index in [1.807, 2.05) is 71.3 Å². The van der Waals surface area contributed by atoms with Crippen molar-refractivity contribution in [3.63, 3.8) is 0 Å². The second-order valence-corrected chi connectivity index (χ2v) is 10.2. The van der Waals surface area contributed by atoms with Gasteiger partial charge < -0.3 is 9.80 Å². The number of halogens is 2. The third-order valence-corrected chi connectivity index (χ3v) is 7.10. The molecule has 1 spiro atoms. The minimum Gasteiger partial charge on any atom is -0.309 e. The van der Waals surface area contributed by atoms with E-state index in [1.165, 1.54) is 0 Å². The summed E-state index contributed by atoms with van der Waals surface area (Å²) in [6.45, 7) is 6.72. The first-order valence-corrected chi connectivity index (χ1v) is 12.3. The van der Waals surface area contributed by atoms with Gasteiger partial charge in [-0.2, -0.15) is 5.10 Å². The Kier molecular flexibility index (Phi) is 4.95. The molecule has 176 valence electrons. The molecule has 0 bridgehead atoms. The molecular weight excluding hydrogens is 481 g/mol. The molecule has 8 heteroatoms. The Bertz CT molecular complexity index is 1470. The van der Waals surface area contributed by atoms with Crippen LogP contribution in [0.5, 0.6) is 0 Å². The summed E-state index contributed by atoms with van der Waals surface area (Å²) in [6, 6.07) is 17.7. The summed E-state index contributed by atoms with van der Waals surface area (Å²) in [6.07, 6.45) is 3.41. The Balaban J connectivity index is 1.73. The van der Waals surface area contributed by atoms with Crippen LogP contribution in [0.3, 0.4) is 0 Å². The van der Waals surface area contributed by atoms with Crippen molar-refractivity contribution in [1.82, 2.24) is 14.7 Å². The molecule has 2 aromatic carbocycles. The number of fused-ring (bicyclic) bond motifs is 6. The minimum atomic E-state index is -1.23. The first-order valence-electron chi connectivity index (χ1n) is 11.5. The standard InChI is InChI=1S/C27H23Cl2N5O/c1-16(2)14-32-22-12-8-7-11-20(22)27(26(32)35)23-17(3)31-34(19-9-5-4-6-10-19)25(23)30-24-21(29)13-18(28)15-33(24)27/h4-13,15-16H,14H2,1-3H3/t27-/m1/s1. The molecule has 1 aromatic heterocycles. The zero-order valence-corrected chi connectivity index (χ0v) is 21.0. The van der Waals surface area contributed by atoms with Gasteiger partial charge in [-0.3, -0.25) is 4.79 Å². The number of aromatic nitrogens is 2. The Morgan fingerprint density at radius 1 is 1.03 bits per heavy atom. The van der Waals surface area contributed by atoms with E-state index in [0.717, 1.165) is 28.2 Å². The summed E-state index contributed by atoms with van der Waals surface area (Å²) in [5, 5.41) is 5.67. The SMILES string of the molecule is Cc1nn(-c2ccccc2)c2c1[C@]1(C(=O)N(CC(C)C)c3ccccc31)N1C=C(Cl)C=C(Cl)C1=N2. The van der Waals surface area contributed by atoms with E-state index >= 15 is 0 Å². The fraction of sp³-hybridized carbons (Fsp3) is 0.222. The van der Waals surface area contributed by atoms with Gasteiger partial charge >= 0.3 is 0 Å². The number of benzene rings is 2. The average Bonchev–Trinajstić information content (AvgIpc) is 3.29. The Morgan fingerprint density at radius 3 is 2.49 bits per heavy atom. The fourth-order valence-electron chi connectivity index (χ4n) is 5.35. The van der Waals surface area contributed by atoms with E-state index in [1.54, 1.807) is 17.0 Å². The van der Waals surface area contributed by atoms with E-state index in [4.69, 9.17) is 33.3 Å². The van der Waals surface area contributed by atoms with E-state index in [9.17, 15) is 4.79 Å². The molecule has 3 aromatic rings.